The highest BCUT2D eigenvalue weighted by atomic mass is 16.4. The monoisotopic (exact) mass is 272 g/mol. The first-order chi connectivity index (χ1) is 9.52. The first kappa shape index (κ1) is 13.7. The summed E-state index contributed by atoms with van der Waals surface area (Å²) < 4.78 is 0. The second-order valence-corrected chi connectivity index (χ2v) is 4.41. The fourth-order valence-corrected chi connectivity index (χ4v) is 2.29. The average molecular weight is 272 g/mol. The van der Waals surface area contributed by atoms with Gasteiger partial charge in [-0.05, 0) is 21.9 Å². The van der Waals surface area contributed by atoms with Gasteiger partial charge in [0.1, 0.15) is 0 Å². The van der Waals surface area contributed by atoms with Crippen molar-refractivity contribution in [3.05, 3.63) is 47.0 Å². The average Bonchev–Trinajstić information content (AvgIpc) is 2.37. The number of fused-ring (bicyclic) bond motifs is 1. The van der Waals surface area contributed by atoms with E-state index in [1.165, 1.54) is 0 Å². The maximum atomic E-state index is 11.3. The molecule has 2 rings (SSSR count). The largest absolute Gasteiger partial charge is 0.481 e. The third kappa shape index (κ3) is 2.66. The Labute approximate surface area is 114 Å². The van der Waals surface area contributed by atoms with Crippen molar-refractivity contribution in [3.63, 3.8) is 0 Å². The van der Waals surface area contributed by atoms with Crippen LogP contribution in [-0.2, 0) is 22.4 Å². The van der Waals surface area contributed by atoms with Gasteiger partial charge in [0.05, 0.1) is 12.8 Å². The normalized spacial score (nSPS) is 10.4. The lowest BCUT2D eigenvalue weighted by Crippen LogP contribution is -2.06. The second kappa shape index (κ2) is 5.52. The van der Waals surface area contributed by atoms with Crippen LogP contribution >= 0.6 is 0 Å². The van der Waals surface area contributed by atoms with Gasteiger partial charge in [-0.1, -0.05) is 30.3 Å². The Morgan fingerprint density at radius 3 is 2.20 bits per heavy atom. The van der Waals surface area contributed by atoms with Crippen LogP contribution in [0.1, 0.15) is 21.5 Å². The predicted octanol–water partition coefficient (Wildman–Crippen LogP) is 1.91. The summed E-state index contributed by atoms with van der Waals surface area (Å²) in [6, 6.07) is 8.40. The highest BCUT2D eigenvalue weighted by Gasteiger charge is 2.14. The molecular weight excluding hydrogens is 260 g/mol. The number of benzene rings is 2. The van der Waals surface area contributed by atoms with E-state index in [4.69, 9.17) is 10.2 Å². The second-order valence-electron chi connectivity index (χ2n) is 4.41. The summed E-state index contributed by atoms with van der Waals surface area (Å²) in [4.78, 5) is 33.0. The number of carboxylic acids is 2. The Balaban J connectivity index is 2.72. The fourth-order valence-electron chi connectivity index (χ4n) is 2.29. The molecule has 0 atom stereocenters. The third-order valence-corrected chi connectivity index (χ3v) is 3.06. The van der Waals surface area contributed by atoms with Gasteiger partial charge in [0.15, 0.2) is 6.29 Å². The molecule has 2 aromatic rings. The van der Waals surface area contributed by atoms with Crippen molar-refractivity contribution in [1.82, 2.24) is 0 Å². The summed E-state index contributed by atoms with van der Waals surface area (Å²) in [6.45, 7) is 0. The fraction of sp³-hybridized carbons (Fsp3) is 0.133. The first-order valence-corrected chi connectivity index (χ1v) is 5.95. The lowest BCUT2D eigenvalue weighted by molar-refractivity contribution is -0.137. The van der Waals surface area contributed by atoms with Crippen LogP contribution < -0.4 is 0 Å². The van der Waals surface area contributed by atoms with Crippen LogP contribution in [0, 0.1) is 0 Å². The number of aliphatic carboxylic acids is 2. The van der Waals surface area contributed by atoms with Crippen LogP contribution in [0.2, 0.25) is 0 Å². The van der Waals surface area contributed by atoms with Crippen LogP contribution in [-0.4, -0.2) is 28.4 Å². The third-order valence-electron chi connectivity index (χ3n) is 3.06. The first-order valence-electron chi connectivity index (χ1n) is 5.95. The molecule has 5 heteroatoms. The van der Waals surface area contributed by atoms with Gasteiger partial charge >= 0.3 is 11.9 Å². The predicted molar refractivity (Wildman–Crippen MR) is 72.0 cm³/mol. The number of rotatable bonds is 5. The lowest BCUT2D eigenvalue weighted by atomic mass is 9.93. The molecule has 102 valence electrons. The summed E-state index contributed by atoms with van der Waals surface area (Å²) in [6.07, 6.45) is 0.103. The van der Waals surface area contributed by atoms with Crippen LogP contribution in [0.5, 0.6) is 0 Å². The van der Waals surface area contributed by atoms with Crippen LogP contribution in [0.3, 0.4) is 0 Å². The Morgan fingerprint density at radius 2 is 1.60 bits per heavy atom. The van der Waals surface area contributed by atoms with E-state index in [0.29, 0.717) is 22.8 Å². The van der Waals surface area contributed by atoms with Gasteiger partial charge in [0.2, 0.25) is 0 Å². The van der Waals surface area contributed by atoms with E-state index in [0.717, 1.165) is 5.39 Å². The van der Waals surface area contributed by atoms with Crippen molar-refractivity contribution in [2.75, 3.05) is 0 Å². The minimum atomic E-state index is -1.04. The zero-order valence-electron chi connectivity index (χ0n) is 10.5. The standard InChI is InChI=1S/C15H12O5/c16-8-12-10(6-13(17)18)5-4-9-2-1-3-11(15(9)12)7-14(19)20/h1-5,8H,6-7H2,(H,17,18)(H,19,20). The molecule has 0 unspecified atom stereocenters. The molecule has 0 aliphatic carbocycles. The van der Waals surface area contributed by atoms with Crippen molar-refractivity contribution in [3.8, 4) is 0 Å². The molecule has 0 spiro atoms. The minimum absolute atomic E-state index is 0.214. The molecule has 0 bridgehead atoms. The Hall–Kier alpha value is -2.69. The number of carbonyl (C=O) groups is 3. The van der Waals surface area contributed by atoms with Gasteiger partial charge in [-0.3, -0.25) is 14.4 Å². The number of aldehydes is 1. The Morgan fingerprint density at radius 1 is 0.950 bits per heavy atom. The van der Waals surface area contributed by atoms with Gasteiger partial charge in [-0.15, -0.1) is 0 Å². The molecule has 20 heavy (non-hydrogen) atoms. The molecule has 5 nitrogen and oxygen atoms in total. The molecule has 0 aliphatic rings. The van der Waals surface area contributed by atoms with Gasteiger partial charge < -0.3 is 10.2 Å². The Kier molecular flexibility index (Phi) is 3.79. The van der Waals surface area contributed by atoms with Gasteiger partial charge in [0, 0.05) is 5.56 Å². The van der Waals surface area contributed by atoms with E-state index in [1.807, 2.05) is 0 Å². The summed E-state index contributed by atoms with van der Waals surface area (Å²) in [5.74, 6) is -2.04. The molecule has 0 radical (unpaired) electrons. The lowest BCUT2D eigenvalue weighted by Gasteiger charge is -2.10. The molecule has 0 saturated heterocycles. The van der Waals surface area contributed by atoms with E-state index in [1.54, 1.807) is 30.3 Å². The molecule has 0 aromatic heterocycles. The number of carboxylic acid groups (broad SMARTS) is 2. The maximum Gasteiger partial charge on any atom is 0.307 e. The number of carbonyl (C=O) groups excluding carboxylic acids is 1. The molecular formula is C15H12O5. The Bertz CT molecular complexity index is 703. The smallest absolute Gasteiger partial charge is 0.307 e. The summed E-state index contributed by atoms with van der Waals surface area (Å²) in [7, 11) is 0. The molecule has 0 fully saturated rings. The van der Waals surface area contributed by atoms with E-state index < -0.39 is 11.9 Å². The highest BCUT2D eigenvalue weighted by Crippen LogP contribution is 2.26. The van der Waals surface area contributed by atoms with Crippen molar-refractivity contribution >= 4 is 29.0 Å². The zero-order chi connectivity index (χ0) is 14.7. The molecule has 0 amide bonds. The molecule has 2 aromatic carbocycles. The van der Waals surface area contributed by atoms with Crippen LogP contribution in [0.25, 0.3) is 10.8 Å². The van der Waals surface area contributed by atoms with Gasteiger partial charge in [-0.2, -0.15) is 0 Å². The SMILES string of the molecule is O=Cc1c(CC(=O)O)ccc2cccc(CC(=O)O)c12. The van der Waals surface area contributed by atoms with E-state index in [2.05, 4.69) is 0 Å². The van der Waals surface area contributed by atoms with Gasteiger partial charge in [-0.25, -0.2) is 0 Å². The maximum absolute atomic E-state index is 11.3. The van der Waals surface area contributed by atoms with Crippen molar-refractivity contribution in [1.29, 1.82) is 0 Å². The number of hydrogen-bond donors (Lipinski definition) is 2. The van der Waals surface area contributed by atoms with Crippen LogP contribution in [0.15, 0.2) is 30.3 Å². The van der Waals surface area contributed by atoms with E-state index in [-0.39, 0.29) is 18.4 Å². The molecule has 0 heterocycles. The van der Waals surface area contributed by atoms with Crippen LogP contribution in [0.4, 0.5) is 0 Å². The summed E-state index contributed by atoms with van der Waals surface area (Å²) in [5.41, 5.74) is 1.14. The van der Waals surface area contributed by atoms with Crippen molar-refractivity contribution in [2.24, 2.45) is 0 Å². The topological polar surface area (TPSA) is 91.7 Å². The minimum Gasteiger partial charge on any atom is -0.481 e. The zero-order valence-corrected chi connectivity index (χ0v) is 10.5. The summed E-state index contributed by atoms with van der Waals surface area (Å²) in [5, 5.41) is 19.0. The molecule has 2 N–H and O–H groups in total. The highest BCUT2D eigenvalue weighted by molar-refractivity contribution is 6.03. The quantitative estimate of drug-likeness (QED) is 0.811. The summed E-state index contributed by atoms with van der Waals surface area (Å²) >= 11 is 0. The number of hydrogen-bond acceptors (Lipinski definition) is 3. The van der Waals surface area contributed by atoms with E-state index >= 15 is 0 Å². The van der Waals surface area contributed by atoms with E-state index in [9.17, 15) is 14.4 Å². The molecule has 0 aliphatic heterocycles. The van der Waals surface area contributed by atoms with Gasteiger partial charge in [0.25, 0.3) is 0 Å². The molecule has 0 saturated carbocycles. The van der Waals surface area contributed by atoms with Crippen molar-refractivity contribution in [2.45, 2.75) is 12.8 Å². The van der Waals surface area contributed by atoms with Crippen molar-refractivity contribution < 1.29 is 24.6 Å².